The highest BCUT2D eigenvalue weighted by Crippen LogP contribution is 2.39. The number of carbonyl (C=O) groups excluding carboxylic acids is 1. The molecule has 206 valence electrons. The average molecular weight is 585 g/mol. The summed E-state index contributed by atoms with van der Waals surface area (Å²) in [7, 11) is -3.94. The molecule has 0 unspecified atom stereocenters. The van der Waals surface area contributed by atoms with Crippen molar-refractivity contribution < 1.29 is 13.2 Å². The van der Waals surface area contributed by atoms with Gasteiger partial charge in [0.05, 0.1) is 9.10 Å². The van der Waals surface area contributed by atoms with Crippen LogP contribution < -0.4 is 15.7 Å². The van der Waals surface area contributed by atoms with Crippen LogP contribution in [0.15, 0.2) is 62.4 Å². The molecule has 0 radical (unpaired) electrons. The van der Waals surface area contributed by atoms with E-state index in [1.165, 1.54) is 39.8 Å². The van der Waals surface area contributed by atoms with Gasteiger partial charge in [-0.05, 0) is 57.0 Å². The van der Waals surface area contributed by atoms with E-state index in [-0.39, 0.29) is 16.6 Å². The summed E-state index contributed by atoms with van der Waals surface area (Å²) in [5.74, 6) is 0.617. The van der Waals surface area contributed by atoms with Gasteiger partial charge in [-0.25, -0.2) is 13.2 Å². The third-order valence-electron chi connectivity index (χ3n) is 6.31. The number of aryl methyl sites for hydroxylation is 2. The fourth-order valence-electron chi connectivity index (χ4n) is 3.98. The number of sulfonamides is 1. The molecule has 2 aromatic rings. The lowest BCUT2D eigenvalue weighted by Crippen LogP contribution is -2.17. The number of anilines is 2. The number of unbranched alkanes of at least 4 members (excludes halogenated alkanes) is 2. The average Bonchev–Trinajstić information content (AvgIpc) is 3.21. The first-order valence-electron chi connectivity index (χ1n) is 12.7. The summed E-state index contributed by atoms with van der Waals surface area (Å²) in [5.41, 5.74) is 3.36. The lowest BCUT2D eigenvalue weighted by molar-refractivity contribution is -0.116. The number of hydrogen-bond donors (Lipinski definition) is 2. The van der Waals surface area contributed by atoms with Crippen molar-refractivity contribution in [3.8, 4) is 5.69 Å². The lowest BCUT2D eigenvalue weighted by atomic mass is 10.2. The number of imidazole rings is 1. The van der Waals surface area contributed by atoms with Crippen molar-refractivity contribution in [2.75, 3.05) is 10.0 Å². The van der Waals surface area contributed by atoms with Gasteiger partial charge in [0.15, 0.2) is 5.82 Å². The van der Waals surface area contributed by atoms with Gasteiger partial charge >= 0.3 is 5.69 Å². The molecule has 2 aliphatic rings. The van der Waals surface area contributed by atoms with E-state index in [0.29, 0.717) is 17.9 Å². The number of carbonyl (C=O) groups is 1. The van der Waals surface area contributed by atoms with Crippen LogP contribution in [0, 0.1) is 20.8 Å². The maximum atomic E-state index is 13.1. The fourth-order valence-corrected chi connectivity index (χ4v) is 7.40. The number of fused-ring (bicyclic) bond motifs is 1. The molecule has 0 spiro atoms. The first kappa shape index (κ1) is 28.8. The van der Waals surface area contributed by atoms with E-state index in [1.807, 2.05) is 45.0 Å². The minimum Gasteiger partial charge on any atom is -0.326 e. The Morgan fingerprint density at radius 3 is 2.38 bits per heavy atom. The van der Waals surface area contributed by atoms with Gasteiger partial charge < -0.3 is 5.32 Å². The summed E-state index contributed by atoms with van der Waals surface area (Å²) < 4.78 is 31.0. The smallest absolute Gasteiger partial charge is 0.326 e. The van der Waals surface area contributed by atoms with Gasteiger partial charge in [-0.1, -0.05) is 49.6 Å². The van der Waals surface area contributed by atoms with Crippen molar-refractivity contribution in [2.24, 2.45) is 0 Å². The predicted octanol–water partition coefficient (Wildman–Crippen LogP) is 6.27. The molecule has 0 aliphatic carbocycles. The van der Waals surface area contributed by atoms with E-state index < -0.39 is 15.7 Å². The summed E-state index contributed by atoms with van der Waals surface area (Å²) in [6, 6.07) is 14.2. The van der Waals surface area contributed by atoms with Crippen molar-refractivity contribution in [1.29, 1.82) is 0 Å². The van der Waals surface area contributed by atoms with Crippen LogP contribution in [0.5, 0.6) is 0 Å². The molecule has 2 N–H and O–H groups in total. The Bertz CT molecular complexity index is 1590. The highest BCUT2D eigenvalue weighted by atomic mass is 32.2. The van der Waals surface area contributed by atoms with E-state index in [2.05, 4.69) is 21.9 Å². The van der Waals surface area contributed by atoms with Crippen LogP contribution in [-0.2, 0) is 20.6 Å². The lowest BCUT2D eigenvalue weighted by Gasteiger charge is -2.16. The number of aromatic nitrogens is 2. The van der Waals surface area contributed by atoms with E-state index >= 15 is 0 Å². The monoisotopic (exact) mass is 584 g/mol. The van der Waals surface area contributed by atoms with Crippen LogP contribution >= 0.6 is 23.1 Å². The van der Waals surface area contributed by atoms with Crippen LogP contribution in [0.4, 0.5) is 11.5 Å². The van der Waals surface area contributed by atoms with Crippen LogP contribution in [-0.4, -0.2) is 23.9 Å². The number of hydrogen-bond acceptors (Lipinski definition) is 7. The molecule has 2 aromatic carbocycles. The van der Waals surface area contributed by atoms with Gasteiger partial charge in [0.25, 0.3) is 10.0 Å². The zero-order valence-corrected chi connectivity index (χ0v) is 24.9. The first-order valence-corrected chi connectivity index (χ1v) is 16.0. The van der Waals surface area contributed by atoms with Gasteiger partial charge in [-0.2, -0.15) is 4.98 Å². The highest BCUT2D eigenvalue weighted by molar-refractivity contribution is 8.00. The van der Waals surface area contributed by atoms with Crippen molar-refractivity contribution in [3.63, 3.8) is 0 Å². The van der Waals surface area contributed by atoms with Gasteiger partial charge in [0.2, 0.25) is 5.91 Å². The van der Waals surface area contributed by atoms with Crippen molar-refractivity contribution in [3.05, 3.63) is 80.7 Å². The number of thioether (sulfide) groups is 1. The molecule has 2 aliphatic heterocycles. The summed E-state index contributed by atoms with van der Waals surface area (Å²) >= 11 is 3.00. The van der Waals surface area contributed by atoms with Crippen LogP contribution in [0.2, 0.25) is 0 Å². The quantitative estimate of drug-likeness (QED) is 0.159. The maximum absolute atomic E-state index is 13.1. The Labute approximate surface area is 237 Å². The molecule has 0 bridgehead atoms. The van der Waals surface area contributed by atoms with E-state index in [0.717, 1.165) is 50.9 Å². The molecule has 0 saturated heterocycles. The Hall–Kier alpha value is -3.15. The molecule has 0 atom stereocenters. The Morgan fingerprint density at radius 2 is 1.72 bits per heavy atom. The van der Waals surface area contributed by atoms with Crippen molar-refractivity contribution in [1.82, 2.24) is 9.55 Å². The second-order valence-electron chi connectivity index (χ2n) is 9.37. The molecule has 11 heteroatoms. The second-order valence-corrected chi connectivity index (χ2v) is 13.5. The molecule has 0 aromatic heterocycles. The van der Waals surface area contributed by atoms with Crippen LogP contribution in [0.3, 0.4) is 0 Å². The summed E-state index contributed by atoms with van der Waals surface area (Å²) in [6.45, 7) is 7.74. The third-order valence-corrected chi connectivity index (χ3v) is 10.2. The Balaban J connectivity index is 1.56. The SMILES string of the molecule is CCCCCC(=O)Nc1ccc(CSc2sc(C)c(C)n3c(=O)nc(NS(=O)(=O)c4ccc(C)cc4)c2-3)cc1. The van der Waals surface area contributed by atoms with Gasteiger partial charge in [-0.3, -0.25) is 14.1 Å². The number of benzene rings is 2. The second kappa shape index (κ2) is 12.4. The molecule has 0 fully saturated rings. The highest BCUT2D eigenvalue weighted by Gasteiger charge is 2.27. The summed E-state index contributed by atoms with van der Waals surface area (Å²) in [6.07, 6.45) is 3.50. The standard InChI is InChI=1S/C28H32N4O4S3/c1-5-6-7-8-24(33)29-22-13-11-21(12-14-22)17-37-27-25-26(30-28(34)32(25)19(3)20(4)38-27)31-39(35,36)23-15-9-18(2)10-16-23/h9-16H,5-8,17H2,1-4H3,(H,29,33)(H,30,31,34). The number of amides is 1. The predicted molar refractivity (Wildman–Crippen MR) is 159 cm³/mol. The fraction of sp³-hybridized carbons (Fsp3) is 0.321. The van der Waals surface area contributed by atoms with Gasteiger partial charge in [0.1, 0.15) is 5.69 Å². The normalized spacial score (nSPS) is 11.6. The maximum Gasteiger partial charge on any atom is 0.354 e. The van der Waals surface area contributed by atoms with E-state index in [1.54, 1.807) is 12.1 Å². The van der Waals surface area contributed by atoms with Gasteiger partial charge in [0, 0.05) is 28.4 Å². The van der Waals surface area contributed by atoms with Crippen molar-refractivity contribution in [2.45, 2.75) is 68.2 Å². The zero-order valence-electron chi connectivity index (χ0n) is 22.4. The molecular weight excluding hydrogens is 553 g/mol. The third kappa shape index (κ3) is 6.90. The molecule has 8 nitrogen and oxygen atoms in total. The largest absolute Gasteiger partial charge is 0.354 e. The van der Waals surface area contributed by atoms with Crippen molar-refractivity contribution >= 4 is 50.5 Å². The minimum absolute atomic E-state index is 0.0136. The Morgan fingerprint density at radius 1 is 1.03 bits per heavy atom. The van der Waals surface area contributed by atoms with Gasteiger partial charge in [-0.15, -0.1) is 23.1 Å². The van der Waals surface area contributed by atoms with E-state index in [4.69, 9.17) is 0 Å². The van der Waals surface area contributed by atoms with Crippen LogP contribution in [0.25, 0.3) is 5.69 Å². The minimum atomic E-state index is -3.94. The number of rotatable bonds is 11. The molecule has 2 heterocycles. The molecule has 0 saturated carbocycles. The topological polar surface area (TPSA) is 110 Å². The molecular formula is C28H32N4O4S3. The number of nitrogens with zero attached hydrogens (tertiary/aromatic N) is 2. The first-order chi connectivity index (χ1) is 18.6. The zero-order chi connectivity index (χ0) is 28.2. The molecule has 1 amide bonds. The van der Waals surface area contributed by atoms with E-state index in [9.17, 15) is 18.0 Å². The molecule has 4 rings (SSSR count). The van der Waals surface area contributed by atoms with Crippen LogP contribution in [0.1, 0.15) is 54.3 Å². The summed E-state index contributed by atoms with van der Waals surface area (Å²) in [4.78, 5) is 30.1. The molecule has 39 heavy (non-hydrogen) atoms. The Kier molecular flexibility index (Phi) is 9.14. The number of nitrogens with one attached hydrogen (secondary N) is 2. The summed E-state index contributed by atoms with van der Waals surface area (Å²) in [5, 5.41) is 2.93.